The number of halogens is 2. The number of sulfonamides is 1. The lowest BCUT2D eigenvalue weighted by Crippen LogP contribution is -2.50. The van der Waals surface area contributed by atoms with Gasteiger partial charge in [0.15, 0.2) is 0 Å². The van der Waals surface area contributed by atoms with Crippen molar-refractivity contribution in [3.8, 4) is 6.07 Å². The number of nitrogens with zero attached hydrogens (tertiary/aromatic N) is 3. The normalized spacial score (nSPS) is 27.2. The SMILES string of the molecule is CS(=O)(=O)N1CCCC(CN(C(=O)Nc2ccc(F)c(Cl)c2)C2CC[C@]3(c4cccc(C#N)c4)CC3C2)C1. The smallest absolute Gasteiger partial charge is 0.321 e. The summed E-state index contributed by atoms with van der Waals surface area (Å²) in [6, 6.07) is 13.9. The van der Waals surface area contributed by atoms with E-state index in [9.17, 15) is 22.9 Å². The highest BCUT2D eigenvalue weighted by Crippen LogP contribution is 2.63. The van der Waals surface area contributed by atoms with Crippen LogP contribution in [-0.4, -0.2) is 55.6 Å². The van der Waals surface area contributed by atoms with Crippen LogP contribution in [0.4, 0.5) is 14.9 Å². The number of carbonyl (C=O) groups excluding carboxylic acids is 1. The van der Waals surface area contributed by atoms with Gasteiger partial charge in [-0.25, -0.2) is 21.9 Å². The number of rotatable bonds is 6. The number of hydrogen-bond acceptors (Lipinski definition) is 4. The van der Waals surface area contributed by atoms with E-state index < -0.39 is 15.8 Å². The summed E-state index contributed by atoms with van der Waals surface area (Å²) in [6.07, 6.45) is 6.44. The third kappa shape index (κ3) is 5.54. The van der Waals surface area contributed by atoms with Crippen LogP contribution in [-0.2, 0) is 15.4 Å². The van der Waals surface area contributed by atoms with Gasteiger partial charge in [0.25, 0.3) is 0 Å². The Morgan fingerprint density at radius 3 is 2.82 bits per heavy atom. The van der Waals surface area contributed by atoms with Gasteiger partial charge in [-0.1, -0.05) is 23.7 Å². The van der Waals surface area contributed by atoms with Crippen molar-refractivity contribution in [2.24, 2.45) is 11.8 Å². The number of nitriles is 1. The Morgan fingerprint density at radius 1 is 1.29 bits per heavy atom. The van der Waals surface area contributed by atoms with E-state index in [0.29, 0.717) is 36.8 Å². The molecule has 0 spiro atoms. The standard InChI is InChI=1S/C28H32ClFN4O3S/c1-38(36,37)33-11-3-5-20(17-33)18-34(27(35)32-23-7-8-26(30)25(29)14-23)24-9-10-28(15-22(28)13-24)21-6-2-4-19(12-21)16-31/h2,4,6-8,12,14,20,22,24H,3,5,9-11,13,15,17-18H2,1H3,(H,32,35)/t20?,22?,24?,28-/m1/s1. The number of amides is 2. The number of benzene rings is 2. The van der Waals surface area contributed by atoms with Crippen LogP contribution in [0, 0.1) is 29.0 Å². The van der Waals surface area contributed by atoms with Gasteiger partial charge >= 0.3 is 6.03 Å². The van der Waals surface area contributed by atoms with Gasteiger partial charge in [-0.2, -0.15) is 5.26 Å². The maximum absolute atomic E-state index is 13.7. The van der Waals surface area contributed by atoms with E-state index in [1.165, 1.54) is 34.3 Å². The Bertz CT molecular complexity index is 1380. The molecule has 3 aliphatic rings. The minimum atomic E-state index is -3.30. The molecule has 2 aromatic rings. The average molecular weight is 559 g/mol. The predicted octanol–water partition coefficient (Wildman–Crippen LogP) is 5.37. The summed E-state index contributed by atoms with van der Waals surface area (Å²) in [6.45, 7) is 1.35. The molecule has 2 saturated carbocycles. The van der Waals surface area contributed by atoms with Gasteiger partial charge in [-0.05, 0) is 91.7 Å². The summed E-state index contributed by atoms with van der Waals surface area (Å²) in [7, 11) is -3.30. The molecule has 3 fully saturated rings. The zero-order valence-corrected chi connectivity index (χ0v) is 22.9. The summed E-state index contributed by atoms with van der Waals surface area (Å²) in [4.78, 5) is 15.5. The Hall–Kier alpha value is -2.67. The van der Waals surface area contributed by atoms with Crippen LogP contribution >= 0.6 is 11.6 Å². The van der Waals surface area contributed by atoms with Crippen molar-refractivity contribution in [2.45, 2.75) is 50.0 Å². The number of anilines is 1. The molecule has 0 bridgehead atoms. The van der Waals surface area contributed by atoms with Gasteiger partial charge in [-0.15, -0.1) is 0 Å². The Morgan fingerprint density at radius 2 is 2.11 bits per heavy atom. The van der Waals surface area contributed by atoms with Crippen LogP contribution in [0.25, 0.3) is 0 Å². The number of carbonyl (C=O) groups is 1. The molecule has 2 aromatic carbocycles. The minimum Gasteiger partial charge on any atom is -0.321 e. The third-order valence-electron chi connectivity index (χ3n) is 8.56. The van der Waals surface area contributed by atoms with Gasteiger partial charge < -0.3 is 10.2 Å². The molecule has 1 N–H and O–H groups in total. The maximum atomic E-state index is 13.7. The molecule has 1 saturated heterocycles. The van der Waals surface area contributed by atoms with Crippen LogP contribution in [0.15, 0.2) is 42.5 Å². The van der Waals surface area contributed by atoms with Crippen LogP contribution in [0.3, 0.4) is 0 Å². The molecular weight excluding hydrogens is 527 g/mol. The first-order valence-electron chi connectivity index (χ1n) is 13.1. The average Bonchev–Trinajstić information content (AvgIpc) is 3.64. The van der Waals surface area contributed by atoms with Gasteiger partial charge in [0.05, 0.1) is 22.9 Å². The number of fused-ring (bicyclic) bond motifs is 1. The molecule has 7 nitrogen and oxygen atoms in total. The molecule has 10 heteroatoms. The highest BCUT2D eigenvalue weighted by atomic mass is 35.5. The van der Waals surface area contributed by atoms with Crippen molar-refractivity contribution in [1.29, 1.82) is 5.26 Å². The Balaban J connectivity index is 1.34. The summed E-state index contributed by atoms with van der Waals surface area (Å²) in [5, 5.41) is 12.2. The van der Waals surface area contributed by atoms with E-state index in [1.54, 1.807) is 0 Å². The van der Waals surface area contributed by atoms with Crippen LogP contribution in [0.2, 0.25) is 5.02 Å². The first-order valence-corrected chi connectivity index (χ1v) is 15.3. The second-order valence-corrected chi connectivity index (χ2v) is 13.4. The molecule has 38 heavy (non-hydrogen) atoms. The monoisotopic (exact) mass is 558 g/mol. The molecule has 1 aliphatic heterocycles. The fourth-order valence-corrected chi connectivity index (χ4v) is 7.59. The van der Waals surface area contributed by atoms with E-state index >= 15 is 0 Å². The lowest BCUT2D eigenvalue weighted by Gasteiger charge is -2.40. The zero-order valence-electron chi connectivity index (χ0n) is 21.4. The molecule has 5 rings (SSSR count). The minimum absolute atomic E-state index is 0.000644. The molecule has 4 atom stereocenters. The van der Waals surface area contributed by atoms with Crippen LogP contribution in [0.5, 0.6) is 0 Å². The second-order valence-electron chi connectivity index (χ2n) is 11.0. The molecular formula is C28H32ClFN4O3S. The highest BCUT2D eigenvalue weighted by Gasteiger charge is 2.58. The second kappa shape index (κ2) is 10.5. The topological polar surface area (TPSA) is 93.5 Å². The van der Waals surface area contributed by atoms with Crippen LogP contribution < -0.4 is 5.32 Å². The first kappa shape index (κ1) is 26.9. The summed E-state index contributed by atoms with van der Waals surface area (Å²) >= 11 is 5.94. The van der Waals surface area contributed by atoms with Gasteiger partial charge in [0.1, 0.15) is 5.82 Å². The quantitative estimate of drug-likeness (QED) is 0.516. The van der Waals surface area contributed by atoms with Crippen LogP contribution in [0.1, 0.15) is 49.7 Å². The first-order chi connectivity index (χ1) is 18.1. The largest absolute Gasteiger partial charge is 0.322 e. The molecule has 2 amide bonds. The Labute approximate surface area is 228 Å². The van der Waals surface area contributed by atoms with E-state index in [1.807, 2.05) is 23.1 Å². The van der Waals surface area contributed by atoms with Gasteiger partial charge in [0.2, 0.25) is 10.0 Å². The van der Waals surface area contributed by atoms with Crippen molar-refractivity contribution in [1.82, 2.24) is 9.21 Å². The predicted molar refractivity (Wildman–Crippen MR) is 145 cm³/mol. The van der Waals surface area contributed by atoms with E-state index in [0.717, 1.165) is 38.5 Å². The fourth-order valence-electron chi connectivity index (χ4n) is 6.47. The molecule has 3 unspecified atom stereocenters. The van der Waals surface area contributed by atoms with E-state index in [2.05, 4.69) is 17.5 Å². The number of piperidine rings is 1. The van der Waals surface area contributed by atoms with E-state index in [4.69, 9.17) is 11.6 Å². The van der Waals surface area contributed by atoms with Crippen molar-refractivity contribution >= 4 is 33.3 Å². The molecule has 202 valence electrons. The lowest BCUT2D eigenvalue weighted by molar-refractivity contribution is 0.130. The van der Waals surface area contributed by atoms with Crippen molar-refractivity contribution in [2.75, 3.05) is 31.2 Å². The van der Waals surface area contributed by atoms with E-state index in [-0.39, 0.29) is 28.4 Å². The van der Waals surface area contributed by atoms with Crippen molar-refractivity contribution < 1.29 is 17.6 Å². The molecule has 2 aliphatic carbocycles. The summed E-state index contributed by atoms with van der Waals surface area (Å²) in [5.74, 6) is -0.105. The lowest BCUT2D eigenvalue weighted by atomic mass is 9.79. The molecule has 0 radical (unpaired) electrons. The Kier molecular flexibility index (Phi) is 7.42. The maximum Gasteiger partial charge on any atom is 0.322 e. The van der Waals surface area contributed by atoms with Crippen molar-refractivity contribution in [3.63, 3.8) is 0 Å². The van der Waals surface area contributed by atoms with Gasteiger partial charge in [-0.3, -0.25) is 0 Å². The highest BCUT2D eigenvalue weighted by molar-refractivity contribution is 7.88. The summed E-state index contributed by atoms with van der Waals surface area (Å²) < 4.78 is 39.6. The number of urea groups is 1. The molecule has 1 heterocycles. The third-order valence-corrected chi connectivity index (χ3v) is 10.1. The fraction of sp³-hybridized carbons (Fsp3) is 0.500. The molecule has 0 aromatic heterocycles. The summed E-state index contributed by atoms with van der Waals surface area (Å²) in [5.41, 5.74) is 2.34. The zero-order chi connectivity index (χ0) is 27.1. The number of hydrogen-bond donors (Lipinski definition) is 1. The number of nitrogens with one attached hydrogen (secondary N) is 1. The van der Waals surface area contributed by atoms with Crippen molar-refractivity contribution in [3.05, 3.63) is 64.4 Å². The van der Waals surface area contributed by atoms with Gasteiger partial charge in [0, 0.05) is 31.4 Å².